The number of imide groups is 1. The number of carbonyl (C=O) groups is 4. The van der Waals surface area contributed by atoms with Gasteiger partial charge in [0.15, 0.2) is 0 Å². The van der Waals surface area contributed by atoms with Crippen LogP contribution < -0.4 is 15.5 Å². The lowest BCUT2D eigenvalue weighted by Crippen LogP contribution is -2.40. The molecule has 3 heterocycles. The van der Waals surface area contributed by atoms with Gasteiger partial charge in [0.2, 0.25) is 0 Å². The van der Waals surface area contributed by atoms with Crippen LogP contribution in [0.15, 0.2) is 77.3 Å². The topological polar surface area (TPSA) is 146 Å². The summed E-state index contributed by atoms with van der Waals surface area (Å²) in [4.78, 5) is 56.0. The molecule has 2 atom stereocenters. The third-order valence-corrected chi connectivity index (χ3v) is 7.17. The fourth-order valence-electron chi connectivity index (χ4n) is 5.39. The number of hydrogen-bond acceptors (Lipinski definition) is 9. The first-order valence-electron chi connectivity index (χ1n) is 12.2. The Balaban J connectivity index is 1.64. The van der Waals surface area contributed by atoms with Crippen molar-refractivity contribution in [2.45, 2.75) is 24.8 Å². The molecule has 2 aromatic carbocycles. The number of amides is 3. The van der Waals surface area contributed by atoms with Crippen molar-refractivity contribution in [3.63, 3.8) is 0 Å². The Morgan fingerprint density at radius 3 is 2.13 bits per heavy atom. The fraction of sp³-hybridized carbons (Fsp3) is 0.250. The van der Waals surface area contributed by atoms with Crippen LogP contribution in [0.5, 0.6) is 0 Å². The Labute approximate surface area is 224 Å². The Morgan fingerprint density at radius 2 is 1.56 bits per heavy atom. The van der Waals surface area contributed by atoms with Gasteiger partial charge in [-0.25, -0.2) is 19.3 Å². The van der Waals surface area contributed by atoms with Gasteiger partial charge in [0, 0.05) is 12.2 Å². The lowest BCUT2D eigenvalue weighted by Gasteiger charge is -2.36. The summed E-state index contributed by atoms with van der Waals surface area (Å²) in [5.74, 6) is -3.06. The molecule has 2 saturated heterocycles. The number of nitrogens with zero attached hydrogens (tertiary/aromatic N) is 4. The van der Waals surface area contributed by atoms with E-state index < -0.39 is 23.9 Å². The van der Waals surface area contributed by atoms with Gasteiger partial charge in [-0.1, -0.05) is 30.3 Å². The van der Waals surface area contributed by atoms with Crippen molar-refractivity contribution in [1.29, 1.82) is 5.26 Å². The van der Waals surface area contributed by atoms with Crippen LogP contribution in [0.25, 0.3) is 0 Å². The second kappa shape index (κ2) is 9.98. The Morgan fingerprint density at radius 1 is 0.949 bits per heavy atom. The molecule has 3 aliphatic rings. The van der Waals surface area contributed by atoms with Crippen molar-refractivity contribution in [3.05, 3.63) is 82.8 Å². The predicted molar refractivity (Wildman–Crippen MR) is 139 cm³/mol. The van der Waals surface area contributed by atoms with Gasteiger partial charge in [0.05, 0.1) is 43.0 Å². The highest BCUT2D eigenvalue weighted by molar-refractivity contribution is 6.21. The van der Waals surface area contributed by atoms with E-state index in [-0.39, 0.29) is 34.6 Å². The Kier molecular flexibility index (Phi) is 6.54. The molecule has 0 aliphatic carbocycles. The normalized spacial score (nSPS) is 20.8. The fourth-order valence-corrected chi connectivity index (χ4v) is 5.39. The van der Waals surface area contributed by atoms with Gasteiger partial charge >= 0.3 is 18.0 Å². The highest BCUT2D eigenvalue weighted by Crippen LogP contribution is 2.43. The van der Waals surface area contributed by atoms with E-state index in [0.717, 1.165) is 11.3 Å². The molecule has 39 heavy (non-hydrogen) atoms. The number of urea groups is 1. The number of benzene rings is 2. The molecule has 0 bridgehead atoms. The van der Waals surface area contributed by atoms with Crippen LogP contribution >= 0.6 is 0 Å². The zero-order valence-electron chi connectivity index (χ0n) is 21.3. The van der Waals surface area contributed by atoms with Gasteiger partial charge < -0.3 is 20.1 Å². The SMILES string of the molecule is COC(=O)C1=C(C(=O)OC)N(c2ccc(N3C(=O)C4CCCN4C3=O)cc2)C(N)=C(C#N)C1c1ccccc1. The van der Waals surface area contributed by atoms with Gasteiger partial charge in [0.25, 0.3) is 5.91 Å². The van der Waals surface area contributed by atoms with Crippen LogP contribution in [0.1, 0.15) is 24.3 Å². The summed E-state index contributed by atoms with van der Waals surface area (Å²) >= 11 is 0. The molecule has 2 fully saturated rings. The minimum atomic E-state index is -0.985. The number of carbonyl (C=O) groups excluding carboxylic acids is 4. The summed E-state index contributed by atoms with van der Waals surface area (Å²) in [5.41, 5.74) is 7.42. The van der Waals surface area contributed by atoms with E-state index in [0.29, 0.717) is 29.9 Å². The summed E-state index contributed by atoms with van der Waals surface area (Å²) in [6.45, 7) is 0.530. The van der Waals surface area contributed by atoms with Crippen molar-refractivity contribution < 1.29 is 28.7 Å². The van der Waals surface area contributed by atoms with Crippen LogP contribution in [-0.2, 0) is 23.9 Å². The van der Waals surface area contributed by atoms with E-state index in [4.69, 9.17) is 15.2 Å². The number of nitrogens with two attached hydrogens (primary N) is 1. The average Bonchev–Trinajstić information content (AvgIpc) is 3.55. The lowest BCUT2D eigenvalue weighted by molar-refractivity contribution is -0.139. The zero-order chi connectivity index (χ0) is 27.8. The van der Waals surface area contributed by atoms with Gasteiger partial charge in [0.1, 0.15) is 17.6 Å². The molecule has 2 unspecified atom stereocenters. The van der Waals surface area contributed by atoms with Crippen molar-refractivity contribution in [2.24, 2.45) is 5.73 Å². The summed E-state index contributed by atoms with van der Waals surface area (Å²) in [6, 6.07) is 16.1. The highest BCUT2D eigenvalue weighted by Gasteiger charge is 2.48. The van der Waals surface area contributed by atoms with E-state index in [1.807, 2.05) is 0 Å². The van der Waals surface area contributed by atoms with Crippen LogP contribution in [0.3, 0.4) is 0 Å². The van der Waals surface area contributed by atoms with E-state index >= 15 is 0 Å². The molecule has 0 saturated carbocycles. The number of esters is 2. The zero-order valence-corrected chi connectivity index (χ0v) is 21.3. The summed E-state index contributed by atoms with van der Waals surface area (Å²) in [6.07, 6.45) is 1.41. The molecule has 0 spiro atoms. The van der Waals surface area contributed by atoms with Crippen LogP contribution in [-0.4, -0.2) is 55.6 Å². The maximum Gasteiger partial charge on any atom is 0.355 e. The largest absolute Gasteiger partial charge is 0.466 e. The maximum absolute atomic E-state index is 13.2. The summed E-state index contributed by atoms with van der Waals surface area (Å²) in [5, 5.41) is 10.1. The van der Waals surface area contributed by atoms with Crippen LogP contribution in [0.2, 0.25) is 0 Å². The van der Waals surface area contributed by atoms with Crippen LogP contribution in [0, 0.1) is 11.3 Å². The molecule has 0 aromatic heterocycles. The minimum Gasteiger partial charge on any atom is -0.466 e. The molecule has 2 aromatic rings. The monoisotopic (exact) mass is 527 g/mol. The van der Waals surface area contributed by atoms with E-state index in [1.54, 1.807) is 59.5 Å². The average molecular weight is 528 g/mol. The molecule has 3 aliphatic heterocycles. The summed E-state index contributed by atoms with van der Waals surface area (Å²) < 4.78 is 10.1. The van der Waals surface area contributed by atoms with Crippen molar-refractivity contribution in [1.82, 2.24) is 4.90 Å². The molecular weight excluding hydrogens is 502 g/mol. The minimum absolute atomic E-state index is 0.0313. The Hall–Kier alpha value is -5.11. The first-order chi connectivity index (χ1) is 18.8. The molecule has 11 heteroatoms. The van der Waals surface area contributed by atoms with Crippen molar-refractivity contribution in [3.8, 4) is 6.07 Å². The number of anilines is 2. The lowest BCUT2D eigenvalue weighted by atomic mass is 9.81. The molecule has 198 valence electrons. The van der Waals surface area contributed by atoms with E-state index in [2.05, 4.69) is 6.07 Å². The number of nitriles is 1. The smallest absolute Gasteiger partial charge is 0.355 e. The predicted octanol–water partition coefficient (Wildman–Crippen LogP) is 2.52. The number of fused-ring (bicyclic) bond motifs is 1. The number of rotatable bonds is 5. The molecule has 3 amide bonds. The third kappa shape index (κ3) is 3.97. The van der Waals surface area contributed by atoms with E-state index in [9.17, 15) is 24.4 Å². The van der Waals surface area contributed by atoms with Crippen LogP contribution in [0.4, 0.5) is 16.2 Å². The van der Waals surface area contributed by atoms with Gasteiger partial charge in [-0.2, -0.15) is 5.26 Å². The quantitative estimate of drug-likeness (QED) is 0.458. The van der Waals surface area contributed by atoms with Crippen molar-refractivity contribution >= 4 is 35.3 Å². The maximum atomic E-state index is 13.2. The van der Waals surface area contributed by atoms with Gasteiger partial charge in [-0.15, -0.1) is 0 Å². The standard InChI is InChI=1S/C28H25N5O6/c1-38-26(35)22-21(16-7-4-3-5-8-16)19(15-29)24(30)32(23(22)27(36)39-2)17-10-12-18(13-11-17)33-25(34)20-9-6-14-31(20)28(33)37/h3-5,7-8,10-13,20-21H,6,9,14,30H2,1-2H3. The second-order valence-electron chi connectivity index (χ2n) is 9.16. The van der Waals surface area contributed by atoms with Gasteiger partial charge in [-0.05, 0) is 42.7 Å². The summed E-state index contributed by atoms with van der Waals surface area (Å²) in [7, 11) is 2.34. The molecule has 11 nitrogen and oxygen atoms in total. The second-order valence-corrected chi connectivity index (χ2v) is 9.16. The number of hydrogen-bond donors (Lipinski definition) is 1. The first kappa shape index (κ1) is 25.5. The number of methoxy groups -OCH3 is 2. The molecular formula is C28H25N5O6. The molecule has 0 radical (unpaired) electrons. The Bertz CT molecular complexity index is 1450. The molecule has 2 N–H and O–H groups in total. The highest BCUT2D eigenvalue weighted by atomic mass is 16.5. The third-order valence-electron chi connectivity index (χ3n) is 7.17. The molecule has 5 rings (SSSR count). The van der Waals surface area contributed by atoms with Gasteiger partial charge in [-0.3, -0.25) is 9.69 Å². The number of allylic oxidation sites excluding steroid dienone is 1. The number of ether oxygens (including phenoxy) is 2. The van der Waals surface area contributed by atoms with Crippen molar-refractivity contribution in [2.75, 3.05) is 30.6 Å². The van der Waals surface area contributed by atoms with E-state index in [1.165, 1.54) is 19.1 Å². The first-order valence-corrected chi connectivity index (χ1v) is 12.2.